The second-order valence-corrected chi connectivity index (χ2v) is 3.78. The van der Waals surface area contributed by atoms with Crippen LogP contribution in [0.1, 0.15) is 5.56 Å². The van der Waals surface area contributed by atoms with Gasteiger partial charge in [-0.25, -0.2) is 0 Å². The van der Waals surface area contributed by atoms with Crippen molar-refractivity contribution in [2.75, 3.05) is 6.54 Å². The number of halogens is 1. The number of rotatable bonds is 1. The van der Waals surface area contributed by atoms with E-state index < -0.39 is 0 Å². The molecule has 0 bridgehead atoms. The molecule has 0 spiro atoms. The van der Waals surface area contributed by atoms with Crippen LogP contribution in [0.15, 0.2) is 30.0 Å². The van der Waals surface area contributed by atoms with Gasteiger partial charge in [-0.15, -0.1) is 0 Å². The molecule has 0 atom stereocenters. The van der Waals surface area contributed by atoms with E-state index in [1.807, 2.05) is 0 Å². The molecule has 1 saturated heterocycles. The Morgan fingerprint density at radius 2 is 1.88 bits per heavy atom. The summed E-state index contributed by atoms with van der Waals surface area (Å²) >= 11 is 5.74. The smallest absolute Gasteiger partial charge is 0.268 e. The first kappa shape index (κ1) is 10.7. The molecule has 1 fully saturated rings. The highest BCUT2D eigenvalue weighted by Crippen LogP contribution is 2.12. The van der Waals surface area contributed by atoms with Crippen LogP contribution < -0.4 is 10.6 Å². The number of benzene rings is 1. The molecule has 0 aliphatic carbocycles. The van der Waals surface area contributed by atoms with E-state index >= 15 is 0 Å². The summed E-state index contributed by atoms with van der Waals surface area (Å²) in [5.41, 5.74) is 1.05. The summed E-state index contributed by atoms with van der Waals surface area (Å²) in [6.45, 7) is 0.0246. The van der Waals surface area contributed by atoms with Crippen molar-refractivity contribution in [3.8, 4) is 0 Å². The number of carbonyl (C=O) groups is 2. The molecule has 1 aliphatic rings. The molecule has 1 heterocycles. The van der Waals surface area contributed by atoms with Crippen LogP contribution in [-0.4, -0.2) is 18.4 Å². The quantitative estimate of drug-likeness (QED) is 0.713. The molecule has 2 rings (SSSR count). The van der Waals surface area contributed by atoms with Crippen LogP contribution in [-0.2, 0) is 9.59 Å². The van der Waals surface area contributed by atoms with Crippen LogP contribution in [0, 0.1) is 0 Å². The summed E-state index contributed by atoms with van der Waals surface area (Å²) in [5.74, 6) is -0.505. The zero-order valence-corrected chi connectivity index (χ0v) is 9.04. The number of hydrogen-bond donors (Lipinski definition) is 2. The molecule has 0 saturated carbocycles. The largest absolute Gasteiger partial charge is 0.342 e. The molecule has 1 aromatic rings. The maximum atomic E-state index is 11.4. The Morgan fingerprint density at radius 3 is 2.56 bits per heavy atom. The number of carbonyl (C=O) groups excluding carboxylic acids is 2. The minimum absolute atomic E-state index is 0.0246. The van der Waals surface area contributed by atoms with Crippen LogP contribution in [0.5, 0.6) is 0 Å². The van der Waals surface area contributed by atoms with E-state index in [9.17, 15) is 9.59 Å². The number of piperazine rings is 1. The number of hydrogen-bond acceptors (Lipinski definition) is 2. The molecule has 2 amide bonds. The number of amides is 2. The zero-order chi connectivity index (χ0) is 11.5. The summed E-state index contributed by atoms with van der Waals surface area (Å²) < 4.78 is 0. The summed E-state index contributed by atoms with van der Waals surface area (Å²) in [7, 11) is 0. The molecule has 82 valence electrons. The second-order valence-electron chi connectivity index (χ2n) is 3.34. The Balaban J connectivity index is 2.25. The van der Waals surface area contributed by atoms with Gasteiger partial charge in [0.15, 0.2) is 0 Å². The van der Waals surface area contributed by atoms with Gasteiger partial charge in [0.25, 0.3) is 5.91 Å². The van der Waals surface area contributed by atoms with Crippen LogP contribution >= 0.6 is 11.6 Å². The van der Waals surface area contributed by atoms with E-state index in [2.05, 4.69) is 10.6 Å². The van der Waals surface area contributed by atoms with Gasteiger partial charge in [0.05, 0.1) is 6.54 Å². The summed E-state index contributed by atoms with van der Waals surface area (Å²) in [4.78, 5) is 22.5. The maximum Gasteiger partial charge on any atom is 0.268 e. The lowest BCUT2D eigenvalue weighted by atomic mass is 10.1. The van der Waals surface area contributed by atoms with Crippen molar-refractivity contribution < 1.29 is 9.59 Å². The first-order valence-corrected chi connectivity index (χ1v) is 5.08. The van der Waals surface area contributed by atoms with E-state index in [1.165, 1.54) is 0 Å². The molecule has 5 heteroatoms. The summed E-state index contributed by atoms with van der Waals surface area (Å²) in [6.07, 6.45) is 1.60. The average Bonchev–Trinajstić information content (AvgIpc) is 2.27. The molecule has 0 radical (unpaired) electrons. The molecular formula is C11H9ClN2O2. The highest BCUT2D eigenvalue weighted by Gasteiger charge is 2.18. The van der Waals surface area contributed by atoms with Crippen molar-refractivity contribution in [3.05, 3.63) is 40.5 Å². The second kappa shape index (κ2) is 4.37. The van der Waals surface area contributed by atoms with Crippen molar-refractivity contribution in [3.63, 3.8) is 0 Å². The van der Waals surface area contributed by atoms with Crippen LogP contribution in [0.2, 0.25) is 5.02 Å². The number of nitrogens with one attached hydrogen (secondary N) is 2. The highest BCUT2D eigenvalue weighted by molar-refractivity contribution is 6.30. The Bertz CT molecular complexity index is 465. The maximum absolute atomic E-state index is 11.4. The third-order valence-corrected chi connectivity index (χ3v) is 2.36. The lowest BCUT2D eigenvalue weighted by Crippen LogP contribution is -2.46. The van der Waals surface area contributed by atoms with Crippen LogP contribution in [0.25, 0.3) is 6.08 Å². The predicted molar refractivity (Wildman–Crippen MR) is 60.6 cm³/mol. The highest BCUT2D eigenvalue weighted by atomic mass is 35.5. The van der Waals surface area contributed by atoms with E-state index in [-0.39, 0.29) is 24.1 Å². The Hall–Kier alpha value is -1.81. The molecule has 16 heavy (non-hydrogen) atoms. The molecular weight excluding hydrogens is 228 g/mol. The minimum atomic E-state index is -0.283. The molecule has 1 aromatic carbocycles. The fraction of sp³-hybridized carbons (Fsp3) is 0.0909. The van der Waals surface area contributed by atoms with Gasteiger partial charge in [0.1, 0.15) is 5.70 Å². The lowest BCUT2D eigenvalue weighted by Gasteiger charge is -2.15. The first-order chi connectivity index (χ1) is 7.65. The van der Waals surface area contributed by atoms with Crippen molar-refractivity contribution in [2.24, 2.45) is 0 Å². The topological polar surface area (TPSA) is 58.2 Å². The van der Waals surface area contributed by atoms with Crippen molar-refractivity contribution in [1.29, 1.82) is 0 Å². The summed E-state index contributed by atoms with van der Waals surface area (Å²) in [6, 6.07) is 6.97. The van der Waals surface area contributed by atoms with E-state index in [4.69, 9.17) is 11.6 Å². The standard InChI is InChI=1S/C11H9ClN2O2/c12-8-3-1-7(2-4-8)5-9-11(16)13-6-10(15)14-9/h1-5H,6H2,(H,13,16)(H,14,15). The normalized spacial score (nSPS) is 18.2. The SMILES string of the molecule is O=C1CNC(=O)C(=Cc2ccc(Cl)cc2)N1. The lowest BCUT2D eigenvalue weighted by molar-refractivity contribution is -0.127. The fourth-order valence-electron chi connectivity index (χ4n) is 1.33. The third-order valence-electron chi connectivity index (χ3n) is 2.11. The van der Waals surface area contributed by atoms with Gasteiger partial charge in [-0.2, -0.15) is 0 Å². The molecule has 2 N–H and O–H groups in total. The Kier molecular flexibility index (Phi) is 2.92. The van der Waals surface area contributed by atoms with Crippen LogP contribution in [0.3, 0.4) is 0 Å². The van der Waals surface area contributed by atoms with Crippen molar-refractivity contribution >= 4 is 29.5 Å². The predicted octanol–water partition coefficient (Wildman–Crippen LogP) is 0.927. The van der Waals surface area contributed by atoms with E-state index in [0.29, 0.717) is 5.02 Å². The molecule has 4 nitrogen and oxygen atoms in total. The van der Waals surface area contributed by atoms with Crippen molar-refractivity contribution in [1.82, 2.24) is 10.6 Å². The van der Waals surface area contributed by atoms with Gasteiger partial charge in [-0.1, -0.05) is 23.7 Å². The van der Waals surface area contributed by atoms with Gasteiger partial charge in [-0.3, -0.25) is 9.59 Å². The van der Waals surface area contributed by atoms with Gasteiger partial charge in [0, 0.05) is 5.02 Å². The fourth-order valence-corrected chi connectivity index (χ4v) is 1.46. The first-order valence-electron chi connectivity index (χ1n) is 4.70. The van der Waals surface area contributed by atoms with Gasteiger partial charge < -0.3 is 10.6 Å². The van der Waals surface area contributed by atoms with E-state index in [1.54, 1.807) is 30.3 Å². The Morgan fingerprint density at radius 1 is 1.19 bits per heavy atom. The molecule has 1 aliphatic heterocycles. The third kappa shape index (κ3) is 2.41. The molecule has 0 unspecified atom stereocenters. The van der Waals surface area contributed by atoms with Crippen LogP contribution in [0.4, 0.5) is 0 Å². The average molecular weight is 237 g/mol. The minimum Gasteiger partial charge on any atom is -0.342 e. The zero-order valence-electron chi connectivity index (χ0n) is 8.29. The Labute approximate surface area is 97.3 Å². The van der Waals surface area contributed by atoms with Gasteiger partial charge in [0.2, 0.25) is 5.91 Å². The van der Waals surface area contributed by atoms with Gasteiger partial charge in [-0.05, 0) is 23.8 Å². The van der Waals surface area contributed by atoms with E-state index in [0.717, 1.165) is 5.56 Å². The van der Waals surface area contributed by atoms with Crippen molar-refractivity contribution in [2.45, 2.75) is 0 Å². The van der Waals surface area contributed by atoms with Gasteiger partial charge >= 0.3 is 0 Å². The molecule has 0 aromatic heterocycles. The summed E-state index contributed by atoms with van der Waals surface area (Å²) in [5, 5.41) is 5.60. The monoisotopic (exact) mass is 236 g/mol.